The van der Waals surface area contributed by atoms with Crippen molar-refractivity contribution in [2.45, 2.75) is 30.2 Å². The first-order valence-electron chi connectivity index (χ1n) is 7.89. The lowest BCUT2D eigenvalue weighted by Crippen LogP contribution is -2.38. The molecular weight excluding hydrogens is 327 g/mol. The topological polar surface area (TPSA) is 62.0 Å². The first-order valence-corrected chi connectivity index (χ1v) is 9.37. The van der Waals surface area contributed by atoms with Gasteiger partial charge in [-0.1, -0.05) is 18.2 Å². The molecule has 0 saturated heterocycles. The van der Waals surface area contributed by atoms with Gasteiger partial charge in [-0.25, -0.2) is 17.5 Å². The Labute approximate surface area is 139 Å². The highest BCUT2D eigenvalue weighted by molar-refractivity contribution is 7.89. The van der Waals surface area contributed by atoms with Crippen LogP contribution in [-0.4, -0.2) is 19.4 Å². The molecule has 1 atom stereocenters. The number of fused-ring (bicyclic) bond motifs is 3. The quantitative estimate of drug-likeness (QED) is 0.767. The van der Waals surface area contributed by atoms with Crippen LogP contribution in [0.3, 0.4) is 0 Å². The van der Waals surface area contributed by atoms with Gasteiger partial charge in [-0.05, 0) is 48.7 Å². The Bertz CT molecular complexity index is 994. The molecule has 2 aromatic carbocycles. The highest BCUT2D eigenvalue weighted by Crippen LogP contribution is 2.29. The van der Waals surface area contributed by atoms with Crippen LogP contribution in [0.5, 0.6) is 0 Å². The van der Waals surface area contributed by atoms with Crippen LogP contribution in [0.15, 0.2) is 53.4 Å². The van der Waals surface area contributed by atoms with Gasteiger partial charge in [0.05, 0.1) is 4.90 Å². The van der Waals surface area contributed by atoms with E-state index in [1.165, 1.54) is 23.1 Å². The summed E-state index contributed by atoms with van der Waals surface area (Å²) in [5.41, 5.74) is 3.46. The van der Waals surface area contributed by atoms with E-state index in [0.717, 1.165) is 36.2 Å². The van der Waals surface area contributed by atoms with Gasteiger partial charge in [0.2, 0.25) is 10.0 Å². The smallest absolute Gasteiger partial charge is 0.240 e. The Morgan fingerprint density at radius 1 is 1.08 bits per heavy atom. The van der Waals surface area contributed by atoms with E-state index in [-0.39, 0.29) is 10.9 Å². The predicted octanol–water partition coefficient (Wildman–Crippen LogP) is 3.14. The molecule has 6 heteroatoms. The van der Waals surface area contributed by atoms with Gasteiger partial charge in [0.1, 0.15) is 5.82 Å². The predicted molar refractivity (Wildman–Crippen MR) is 90.8 cm³/mol. The SMILES string of the molecule is O=S(=O)(NC1CCc2c([nH]c3ccccc23)C1)c1ccc(F)cc1. The van der Waals surface area contributed by atoms with Gasteiger partial charge < -0.3 is 4.98 Å². The molecule has 0 radical (unpaired) electrons. The van der Waals surface area contributed by atoms with Crippen LogP contribution < -0.4 is 4.72 Å². The van der Waals surface area contributed by atoms with Crippen molar-refractivity contribution >= 4 is 20.9 Å². The molecule has 2 N–H and O–H groups in total. The van der Waals surface area contributed by atoms with Crippen molar-refractivity contribution in [1.29, 1.82) is 0 Å². The second kappa shape index (κ2) is 5.72. The van der Waals surface area contributed by atoms with Gasteiger partial charge in [0, 0.05) is 29.1 Å². The lowest BCUT2D eigenvalue weighted by Gasteiger charge is -2.23. The van der Waals surface area contributed by atoms with Gasteiger partial charge in [-0.3, -0.25) is 0 Å². The standard InChI is InChI=1S/C18H17FN2O2S/c19-12-5-8-14(9-6-12)24(22,23)21-13-7-10-16-15-3-1-2-4-17(15)20-18(16)11-13/h1-6,8-9,13,20-21H,7,10-11H2. The van der Waals surface area contributed by atoms with E-state index in [4.69, 9.17) is 0 Å². The summed E-state index contributed by atoms with van der Waals surface area (Å²) in [4.78, 5) is 3.48. The molecule has 4 rings (SSSR count). The Hall–Kier alpha value is -2.18. The summed E-state index contributed by atoms with van der Waals surface area (Å²) < 4.78 is 40.6. The first kappa shape index (κ1) is 15.4. The highest BCUT2D eigenvalue weighted by Gasteiger charge is 2.26. The zero-order valence-electron chi connectivity index (χ0n) is 12.9. The maximum absolute atomic E-state index is 13.0. The number of nitrogens with one attached hydrogen (secondary N) is 2. The molecule has 1 aromatic heterocycles. The average molecular weight is 344 g/mol. The number of H-pyrrole nitrogens is 1. The number of hydrogen-bond acceptors (Lipinski definition) is 2. The van der Waals surface area contributed by atoms with Crippen LogP contribution in [0, 0.1) is 5.82 Å². The summed E-state index contributed by atoms with van der Waals surface area (Å²) in [5, 5.41) is 1.22. The maximum Gasteiger partial charge on any atom is 0.240 e. The minimum absolute atomic E-state index is 0.0892. The molecule has 1 unspecified atom stereocenters. The van der Waals surface area contributed by atoms with E-state index in [2.05, 4.69) is 15.8 Å². The minimum Gasteiger partial charge on any atom is -0.358 e. The fourth-order valence-corrected chi connectivity index (χ4v) is 4.65. The molecule has 1 heterocycles. The van der Waals surface area contributed by atoms with Crippen molar-refractivity contribution in [1.82, 2.24) is 9.71 Å². The summed E-state index contributed by atoms with van der Waals surface area (Å²) in [6.45, 7) is 0. The number of halogens is 1. The fraction of sp³-hybridized carbons (Fsp3) is 0.222. The third-order valence-corrected chi connectivity index (χ3v) is 6.08. The molecule has 0 amide bonds. The molecular formula is C18H17FN2O2S. The third kappa shape index (κ3) is 2.72. The third-order valence-electron chi connectivity index (χ3n) is 4.54. The largest absolute Gasteiger partial charge is 0.358 e. The Balaban J connectivity index is 1.57. The monoisotopic (exact) mass is 344 g/mol. The van der Waals surface area contributed by atoms with E-state index in [9.17, 15) is 12.8 Å². The minimum atomic E-state index is -3.64. The van der Waals surface area contributed by atoms with Crippen molar-refractivity contribution < 1.29 is 12.8 Å². The van der Waals surface area contributed by atoms with Gasteiger partial charge in [-0.15, -0.1) is 0 Å². The van der Waals surface area contributed by atoms with Gasteiger partial charge in [0.25, 0.3) is 0 Å². The lowest BCUT2D eigenvalue weighted by atomic mass is 9.92. The van der Waals surface area contributed by atoms with E-state index in [0.29, 0.717) is 6.42 Å². The first-order chi connectivity index (χ1) is 11.5. The maximum atomic E-state index is 13.0. The second-order valence-electron chi connectivity index (χ2n) is 6.14. The lowest BCUT2D eigenvalue weighted by molar-refractivity contribution is 0.505. The summed E-state index contributed by atoms with van der Waals surface area (Å²) in [5.74, 6) is -0.450. The van der Waals surface area contributed by atoms with E-state index in [1.54, 1.807) is 0 Å². The van der Waals surface area contributed by atoms with Gasteiger partial charge in [0.15, 0.2) is 0 Å². The van der Waals surface area contributed by atoms with Crippen LogP contribution in [0.2, 0.25) is 0 Å². The van der Waals surface area contributed by atoms with Gasteiger partial charge >= 0.3 is 0 Å². The Kier molecular flexibility index (Phi) is 3.66. The number of aromatic amines is 1. The summed E-state index contributed by atoms with van der Waals surface area (Å²) in [6, 6.07) is 12.8. The Morgan fingerprint density at radius 3 is 2.62 bits per heavy atom. The second-order valence-corrected chi connectivity index (χ2v) is 7.86. The molecule has 24 heavy (non-hydrogen) atoms. The molecule has 0 spiro atoms. The van der Waals surface area contributed by atoms with Crippen LogP contribution in [0.1, 0.15) is 17.7 Å². The van der Waals surface area contributed by atoms with E-state index < -0.39 is 15.8 Å². The molecule has 0 fully saturated rings. The van der Waals surface area contributed by atoms with Crippen molar-refractivity contribution in [3.8, 4) is 0 Å². The number of rotatable bonds is 3. The number of aromatic nitrogens is 1. The van der Waals surface area contributed by atoms with Crippen LogP contribution >= 0.6 is 0 Å². The molecule has 1 aliphatic rings. The van der Waals surface area contributed by atoms with E-state index >= 15 is 0 Å². The van der Waals surface area contributed by atoms with Crippen molar-refractivity contribution in [3.05, 3.63) is 65.6 Å². The average Bonchev–Trinajstić information content (AvgIpc) is 2.92. The molecule has 0 saturated carbocycles. The van der Waals surface area contributed by atoms with Gasteiger partial charge in [-0.2, -0.15) is 0 Å². The summed E-state index contributed by atoms with van der Waals surface area (Å²) >= 11 is 0. The highest BCUT2D eigenvalue weighted by atomic mass is 32.2. The normalized spacial score (nSPS) is 17.8. The number of para-hydroxylation sites is 1. The molecule has 124 valence electrons. The molecule has 4 nitrogen and oxygen atoms in total. The number of benzene rings is 2. The van der Waals surface area contributed by atoms with Crippen LogP contribution in [0.4, 0.5) is 4.39 Å². The number of sulfonamides is 1. The zero-order valence-corrected chi connectivity index (χ0v) is 13.7. The number of hydrogen-bond donors (Lipinski definition) is 2. The van der Waals surface area contributed by atoms with Crippen LogP contribution in [-0.2, 0) is 22.9 Å². The zero-order chi connectivity index (χ0) is 16.7. The molecule has 1 aliphatic carbocycles. The number of aryl methyl sites for hydroxylation is 1. The van der Waals surface area contributed by atoms with E-state index in [1.807, 2.05) is 18.2 Å². The Morgan fingerprint density at radius 2 is 1.83 bits per heavy atom. The van der Waals surface area contributed by atoms with Crippen molar-refractivity contribution in [2.24, 2.45) is 0 Å². The van der Waals surface area contributed by atoms with Crippen LogP contribution in [0.25, 0.3) is 10.9 Å². The molecule has 3 aromatic rings. The van der Waals surface area contributed by atoms with Crippen molar-refractivity contribution in [3.63, 3.8) is 0 Å². The molecule has 0 aliphatic heterocycles. The molecule has 0 bridgehead atoms. The van der Waals surface area contributed by atoms with Crippen molar-refractivity contribution in [2.75, 3.05) is 0 Å². The fourth-order valence-electron chi connectivity index (χ4n) is 3.38. The summed E-state index contributed by atoms with van der Waals surface area (Å²) in [7, 11) is -3.64. The summed E-state index contributed by atoms with van der Waals surface area (Å²) in [6.07, 6.45) is 2.20.